The summed E-state index contributed by atoms with van der Waals surface area (Å²) in [7, 11) is 3.32. The number of carboxylic acid groups (broad SMARTS) is 1. The van der Waals surface area contributed by atoms with Crippen LogP contribution in [0.25, 0.3) is 0 Å². The Morgan fingerprint density at radius 2 is 1.55 bits per heavy atom. The Kier molecular flexibility index (Phi) is 5.04. The average Bonchev–Trinajstić information content (AvgIpc) is 2.76. The van der Waals surface area contributed by atoms with E-state index in [4.69, 9.17) is 9.47 Å². The van der Waals surface area contributed by atoms with Gasteiger partial charge in [0.05, 0.1) is 18.1 Å². The van der Waals surface area contributed by atoms with E-state index in [1.54, 1.807) is 14.2 Å². The molecule has 6 unspecified atom stereocenters. The lowest BCUT2D eigenvalue weighted by molar-refractivity contribution is -0.155. The topological polar surface area (TPSA) is 59.0 Å². The van der Waals surface area contributed by atoms with Crippen LogP contribution in [0.3, 0.4) is 0 Å². The van der Waals surface area contributed by atoms with Crippen molar-refractivity contribution < 1.29 is 19.4 Å². The van der Waals surface area contributed by atoms with Gasteiger partial charge in [0.1, 0.15) is 0 Å². The molecule has 116 valence electrons. The van der Waals surface area contributed by atoms with Crippen LogP contribution in [0.4, 0.5) is 0 Å². The molecule has 20 heavy (non-hydrogen) atoms. The molecule has 1 aliphatic heterocycles. The smallest absolute Gasteiger partial charge is 0.308 e. The standard InChI is InChI=1S/C15H27NO4/c1-9-5-6-10(2)16(9)12-8-14(20-4)13(19-3)7-11(12)15(17)18/h9-14H,5-8H2,1-4H3,(H,17,18). The van der Waals surface area contributed by atoms with Crippen molar-refractivity contribution >= 4 is 5.97 Å². The second kappa shape index (κ2) is 6.41. The fourth-order valence-electron chi connectivity index (χ4n) is 4.07. The molecule has 0 aromatic heterocycles. The van der Waals surface area contributed by atoms with Crippen LogP contribution >= 0.6 is 0 Å². The summed E-state index contributed by atoms with van der Waals surface area (Å²) in [5.74, 6) is -1.08. The zero-order valence-corrected chi connectivity index (χ0v) is 12.9. The molecule has 1 saturated carbocycles. The van der Waals surface area contributed by atoms with Crippen molar-refractivity contribution in [3.8, 4) is 0 Å². The van der Waals surface area contributed by atoms with Crippen LogP contribution in [0.15, 0.2) is 0 Å². The zero-order chi connectivity index (χ0) is 14.9. The van der Waals surface area contributed by atoms with Crippen molar-refractivity contribution in [3.63, 3.8) is 0 Å². The van der Waals surface area contributed by atoms with Crippen molar-refractivity contribution in [1.82, 2.24) is 4.90 Å². The number of carbonyl (C=O) groups is 1. The van der Waals surface area contributed by atoms with Crippen LogP contribution in [-0.2, 0) is 14.3 Å². The summed E-state index contributed by atoms with van der Waals surface area (Å²) in [5.41, 5.74) is 0. The van der Waals surface area contributed by atoms with Crippen molar-refractivity contribution in [2.45, 2.75) is 69.9 Å². The van der Waals surface area contributed by atoms with Crippen LogP contribution in [0.2, 0.25) is 0 Å². The Labute approximate surface area is 121 Å². The molecule has 2 fully saturated rings. The van der Waals surface area contributed by atoms with Gasteiger partial charge in [-0.05, 0) is 39.5 Å². The first-order chi connectivity index (χ1) is 9.49. The Balaban J connectivity index is 2.21. The lowest BCUT2D eigenvalue weighted by Gasteiger charge is -2.45. The molecule has 0 radical (unpaired) electrons. The minimum atomic E-state index is -0.710. The van der Waals surface area contributed by atoms with Gasteiger partial charge in [-0.2, -0.15) is 0 Å². The van der Waals surface area contributed by atoms with E-state index in [2.05, 4.69) is 18.7 Å². The molecule has 0 amide bonds. The number of likely N-dealkylation sites (tertiary alicyclic amines) is 1. The third-order valence-electron chi connectivity index (χ3n) is 5.16. The molecule has 2 rings (SSSR count). The van der Waals surface area contributed by atoms with Gasteiger partial charge in [-0.15, -0.1) is 0 Å². The summed E-state index contributed by atoms with van der Waals surface area (Å²) in [6.07, 6.45) is 3.43. The maximum atomic E-state index is 11.7. The molecule has 1 saturated heterocycles. The van der Waals surface area contributed by atoms with Gasteiger partial charge in [-0.25, -0.2) is 0 Å². The number of carboxylic acids is 1. The fraction of sp³-hybridized carbons (Fsp3) is 0.933. The molecular formula is C15H27NO4. The van der Waals surface area contributed by atoms with E-state index in [9.17, 15) is 9.90 Å². The van der Waals surface area contributed by atoms with Gasteiger partial charge in [0.25, 0.3) is 0 Å². The number of nitrogens with zero attached hydrogens (tertiary/aromatic N) is 1. The SMILES string of the molecule is COC1CC(C(=O)O)C(N2C(C)CCC2C)CC1OC. The van der Waals surface area contributed by atoms with Crippen LogP contribution < -0.4 is 0 Å². The number of ether oxygens (including phenoxy) is 2. The van der Waals surface area contributed by atoms with Gasteiger partial charge in [-0.3, -0.25) is 9.69 Å². The Bertz CT molecular complexity index is 339. The lowest BCUT2D eigenvalue weighted by atomic mass is 9.79. The molecule has 5 nitrogen and oxygen atoms in total. The van der Waals surface area contributed by atoms with Crippen LogP contribution in [0.5, 0.6) is 0 Å². The molecule has 1 aliphatic carbocycles. The fourth-order valence-corrected chi connectivity index (χ4v) is 4.07. The molecule has 0 bridgehead atoms. The summed E-state index contributed by atoms with van der Waals surface area (Å²) in [6, 6.07) is 0.957. The Morgan fingerprint density at radius 3 is 2.00 bits per heavy atom. The molecule has 5 heteroatoms. The van der Waals surface area contributed by atoms with Crippen LogP contribution in [0, 0.1) is 5.92 Å². The predicted molar refractivity (Wildman–Crippen MR) is 75.7 cm³/mol. The highest BCUT2D eigenvalue weighted by Gasteiger charge is 2.47. The minimum Gasteiger partial charge on any atom is -0.481 e. The molecular weight excluding hydrogens is 258 g/mol. The molecule has 0 aromatic rings. The largest absolute Gasteiger partial charge is 0.481 e. The number of hydrogen-bond donors (Lipinski definition) is 1. The average molecular weight is 285 g/mol. The van der Waals surface area contributed by atoms with Crippen molar-refractivity contribution in [3.05, 3.63) is 0 Å². The highest BCUT2D eigenvalue weighted by Crippen LogP contribution is 2.37. The normalized spacial score (nSPS) is 42.8. The minimum absolute atomic E-state index is 0.0133. The Morgan fingerprint density at radius 1 is 1.05 bits per heavy atom. The molecule has 2 aliphatic rings. The first-order valence-corrected chi connectivity index (χ1v) is 7.55. The van der Waals surface area contributed by atoms with Gasteiger partial charge in [-0.1, -0.05) is 0 Å². The maximum Gasteiger partial charge on any atom is 0.308 e. The summed E-state index contributed by atoms with van der Waals surface area (Å²) in [5, 5.41) is 9.59. The van der Waals surface area contributed by atoms with E-state index in [0.717, 1.165) is 19.3 Å². The van der Waals surface area contributed by atoms with E-state index >= 15 is 0 Å². The van der Waals surface area contributed by atoms with Crippen molar-refractivity contribution in [1.29, 1.82) is 0 Å². The van der Waals surface area contributed by atoms with Gasteiger partial charge >= 0.3 is 5.97 Å². The number of rotatable bonds is 4. The summed E-state index contributed by atoms with van der Waals surface area (Å²) < 4.78 is 11.0. The predicted octanol–water partition coefficient (Wildman–Crippen LogP) is 1.75. The third kappa shape index (κ3) is 2.85. The van der Waals surface area contributed by atoms with Crippen molar-refractivity contribution in [2.75, 3.05) is 14.2 Å². The molecule has 0 aromatic carbocycles. The summed E-state index contributed by atoms with van der Waals surface area (Å²) in [4.78, 5) is 14.1. The van der Waals surface area contributed by atoms with Gasteiger partial charge in [0, 0.05) is 32.3 Å². The summed E-state index contributed by atoms with van der Waals surface area (Å²) >= 11 is 0. The van der Waals surface area contributed by atoms with Crippen molar-refractivity contribution in [2.24, 2.45) is 5.92 Å². The van der Waals surface area contributed by atoms with Crippen LogP contribution in [-0.4, -0.2) is 60.5 Å². The van der Waals surface area contributed by atoms with E-state index < -0.39 is 5.97 Å². The maximum absolute atomic E-state index is 11.7. The molecule has 0 spiro atoms. The zero-order valence-electron chi connectivity index (χ0n) is 12.9. The Hall–Kier alpha value is -0.650. The lowest BCUT2D eigenvalue weighted by Crippen LogP contribution is -2.55. The van der Waals surface area contributed by atoms with Gasteiger partial charge < -0.3 is 14.6 Å². The molecule has 6 atom stereocenters. The van der Waals surface area contributed by atoms with Gasteiger partial charge in [0.2, 0.25) is 0 Å². The van der Waals surface area contributed by atoms with E-state index in [0.29, 0.717) is 18.5 Å². The highest BCUT2D eigenvalue weighted by molar-refractivity contribution is 5.71. The van der Waals surface area contributed by atoms with E-state index in [1.807, 2.05) is 0 Å². The third-order valence-corrected chi connectivity index (χ3v) is 5.16. The highest BCUT2D eigenvalue weighted by atomic mass is 16.5. The number of aliphatic carboxylic acids is 1. The van der Waals surface area contributed by atoms with Crippen LogP contribution in [0.1, 0.15) is 39.5 Å². The van der Waals surface area contributed by atoms with E-state index in [1.165, 1.54) is 0 Å². The molecule has 1 heterocycles. The number of hydrogen-bond acceptors (Lipinski definition) is 4. The molecule has 1 N–H and O–H groups in total. The second-order valence-electron chi connectivity index (χ2n) is 6.25. The first-order valence-electron chi connectivity index (χ1n) is 7.55. The van der Waals surface area contributed by atoms with E-state index in [-0.39, 0.29) is 24.2 Å². The summed E-state index contributed by atoms with van der Waals surface area (Å²) in [6.45, 7) is 4.40. The first kappa shape index (κ1) is 15.7. The second-order valence-corrected chi connectivity index (χ2v) is 6.25. The van der Waals surface area contributed by atoms with Gasteiger partial charge in [0.15, 0.2) is 0 Å². The monoisotopic (exact) mass is 285 g/mol. The number of methoxy groups -OCH3 is 2. The quantitative estimate of drug-likeness (QED) is 0.853.